The molecule has 2 aromatic rings. The Kier molecular flexibility index (Phi) is 3.99. The summed E-state index contributed by atoms with van der Waals surface area (Å²) in [6.45, 7) is -0.255. The molecule has 1 heterocycles. The van der Waals surface area contributed by atoms with E-state index >= 15 is 0 Å². The molecule has 1 N–H and O–H groups in total. The molecule has 7 heteroatoms. The topological polar surface area (TPSA) is 29.5 Å². The zero-order valence-corrected chi connectivity index (χ0v) is 13.1. The van der Waals surface area contributed by atoms with Gasteiger partial charge >= 0.3 is 6.18 Å². The van der Waals surface area contributed by atoms with Gasteiger partial charge in [-0.1, -0.05) is 29.3 Å². The van der Waals surface area contributed by atoms with Crippen molar-refractivity contribution >= 4 is 23.2 Å². The second kappa shape index (κ2) is 5.58. The van der Waals surface area contributed by atoms with Crippen molar-refractivity contribution < 1.29 is 23.0 Å². The number of aliphatic hydroxyl groups is 1. The summed E-state index contributed by atoms with van der Waals surface area (Å²) in [5, 5.41) is 9.36. The van der Waals surface area contributed by atoms with Crippen LogP contribution in [0.4, 0.5) is 13.2 Å². The van der Waals surface area contributed by atoms with Crippen molar-refractivity contribution in [1.29, 1.82) is 0 Å². The summed E-state index contributed by atoms with van der Waals surface area (Å²) < 4.78 is 46.9. The number of hydrogen-bond donors (Lipinski definition) is 1. The first-order valence-electron chi connectivity index (χ1n) is 6.70. The van der Waals surface area contributed by atoms with Crippen molar-refractivity contribution in [3.05, 3.63) is 63.1 Å². The Hall–Kier alpha value is -1.43. The number of rotatable bonds is 2. The van der Waals surface area contributed by atoms with Gasteiger partial charge in [-0.05, 0) is 41.5 Å². The van der Waals surface area contributed by atoms with E-state index in [9.17, 15) is 13.2 Å². The molecule has 1 aliphatic heterocycles. The molecule has 0 bridgehead atoms. The molecule has 23 heavy (non-hydrogen) atoms. The molecule has 0 spiro atoms. The number of ether oxygens (including phenoxy) is 1. The SMILES string of the molecule is OCc1ccc2c(c1)CC(c1cc(Cl)cc(Cl)c1)(C(F)(F)F)O2. The number of alkyl halides is 3. The minimum Gasteiger partial charge on any atom is -0.472 e. The van der Waals surface area contributed by atoms with Crippen molar-refractivity contribution in [3.8, 4) is 5.75 Å². The number of halogens is 5. The highest BCUT2D eigenvalue weighted by Gasteiger charge is 2.61. The lowest BCUT2D eigenvalue weighted by atomic mass is 9.88. The summed E-state index contributed by atoms with van der Waals surface area (Å²) in [6.07, 6.45) is -5.07. The van der Waals surface area contributed by atoms with Gasteiger partial charge in [-0.15, -0.1) is 0 Å². The van der Waals surface area contributed by atoms with E-state index in [0.717, 1.165) is 0 Å². The van der Waals surface area contributed by atoms with Gasteiger partial charge in [-0.25, -0.2) is 0 Å². The lowest BCUT2D eigenvalue weighted by Gasteiger charge is -2.31. The Balaban J connectivity index is 2.14. The molecular weight excluding hydrogens is 352 g/mol. The molecule has 2 nitrogen and oxygen atoms in total. The van der Waals surface area contributed by atoms with Crippen LogP contribution in [0.5, 0.6) is 5.75 Å². The first kappa shape index (κ1) is 16.4. The van der Waals surface area contributed by atoms with E-state index in [4.69, 9.17) is 33.0 Å². The highest BCUT2D eigenvalue weighted by molar-refractivity contribution is 6.34. The van der Waals surface area contributed by atoms with E-state index < -0.39 is 18.2 Å². The predicted molar refractivity (Wildman–Crippen MR) is 80.9 cm³/mol. The maximum Gasteiger partial charge on any atom is 0.432 e. The van der Waals surface area contributed by atoms with Crippen molar-refractivity contribution in [3.63, 3.8) is 0 Å². The van der Waals surface area contributed by atoms with Gasteiger partial charge in [0, 0.05) is 22.0 Å². The predicted octanol–water partition coefficient (Wildman–Crippen LogP) is 4.88. The molecule has 3 rings (SSSR count). The van der Waals surface area contributed by atoms with E-state index in [1.807, 2.05) is 0 Å². The van der Waals surface area contributed by atoms with Crippen molar-refractivity contribution in [2.24, 2.45) is 0 Å². The second-order valence-corrected chi connectivity index (χ2v) is 6.23. The van der Waals surface area contributed by atoms with Gasteiger partial charge in [-0.2, -0.15) is 13.2 Å². The Morgan fingerprint density at radius 2 is 1.74 bits per heavy atom. The number of benzene rings is 2. The van der Waals surface area contributed by atoms with Crippen LogP contribution >= 0.6 is 23.2 Å². The standard InChI is InChI=1S/C16H11Cl2F3O2/c17-12-4-11(5-13(18)6-12)15(16(19,20)21)7-10-3-9(8-22)1-2-14(10)23-15/h1-6,22H,7-8H2. The Bertz CT molecular complexity index is 741. The summed E-state index contributed by atoms with van der Waals surface area (Å²) in [4.78, 5) is 0. The molecule has 0 saturated heterocycles. The van der Waals surface area contributed by atoms with E-state index in [2.05, 4.69) is 0 Å². The van der Waals surface area contributed by atoms with Gasteiger partial charge < -0.3 is 9.84 Å². The third kappa shape index (κ3) is 2.77. The van der Waals surface area contributed by atoms with E-state index in [1.54, 1.807) is 0 Å². The third-order valence-corrected chi connectivity index (χ3v) is 4.25. The monoisotopic (exact) mass is 362 g/mol. The van der Waals surface area contributed by atoms with Gasteiger partial charge in [0.05, 0.1) is 6.61 Å². The maximum atomic E-state index is 13.9. The molecule has 0 saturated carbocycles. The summed E-state index contributed by atoms with van der Waals surface area (Å²) in [6, 6.07) is 8.24. The first-order chi connectivity index (χ1) is 10.7. The lowest BCUT2D eigenvalue weighted by molar-refractivity contribution is -0.248. The summed E-state index contributed by atoms with van der Waals surface area (Å²) in [7, 11) is 0. The van der Waals surface area contributed by atoms with Crippen molar-refractivity contribution in [1.82, 2.24) is 0 Å². The van der Waals surface area contributed by atoms with Gasteiger partial charge in [0.15, 0.2) is 0 Å². The molecular formula is C16H11Cl2F3O2. The summed E-state index contributed by atoms with van der Waals surface area (Å²) >= 11 is 11.7. The van der Waals surface area contributed by atoms with Crippen LogP contribution in [0.1, 0.15) is 16.7 Å². The molecule has 2 aromatic carbocycles. The van der Waals surface area contributed by atoms with E-state index in [-0.39, 0.29) is 28.0 Å². The second-order valence-electron chi connectivity index (χ2n) is 5.36. The fraction of sp³-hybridized carbons (Fsp3) is 0.250. The highest BCUT2D eigenvalue weighted by Crippen LogP contribution is 2.51. The largest absolute Gasteiger partial charge is 0.472 e. The fourth-order valence-electron chi connectivity index (χ4n) is 2.73. The minimum absolute atomic E-state index is 0.103. The zero-order chi connectivity index (χ0) is 16.8. The smallest absolute Gasteiger partial charge is 0.432 e. The third-order valence-electron chi connectivity index (χ3n) is 3.82. The van der Waals surface area contributed by atoms with Crippen LogP contribution < -0.4 is 4.74 Å². The number of hydrogen-bond acceptors (Lipinski definition) is 2. The molecule has 0 fully saturated rings. The highest BCUT2D eigenvalue weighted by atomic mass is 35.5. The van der Waals surface area contributed by atoms with Gasteiger partial charge in [-0.3, -0.25) is 0 Å². The maximum absolute atomic E-state index is 13.9. The summed E-state index contributed by atoms with van der Waals surface area (Å²) in [5.41, 5.74) is -1.79. The first-order valence-corrected chi connectivity index (χ1v) is 7.46. The normalized spacial score (nSPS) is 20.3. The van der Waals surface area contributed by atoms with Gasteiger partial charge in [0.2, 0.25) is 5.60 Å². The summed E-state index contributed by atoms with van der Waals surface area (Å²) in [5.74, 6) is 0.135. The molecule has 1 aliphatic rings. The van der Waals surface area contributed by atoms with Gasteiger partial charge in [0.25, 0.3) is 0 Å². The molecule has 122 valence electrons. The van der Waals surface area contributed by atoms with Crippen LogP contribution in [0, 0.1) is 0 Å². The van der Waals surface area contributed by atoms with Crippen LogP contribution in [-0.4, -0.2) is 11.3 Å². The molecule has 0 amide bonds. The lowest BCUT2D eigenvalue weighted by Crippen LogP contribution is -2.46. The zero-order valence-electron chi connectivity index (χ0n) is 11.6. The van der Waals surface area contributed by atoms with E-state index in [0.29, 0.717) is 11.1 Å². The van der Waals surface area contributed by atoms with Crippen LogP contribution in [0.3, 0.4) is 0 Å². The van der Waals surface area contributed by atoms with E-state index in [1.165, 1.54) is 36.4 Å². The van der Waals surface area contributed by atoms with Crippen LogP contribution in [0.15, 0.2) is 36.4 Å². The van der Waals surface area contributed by atoms with Crippen LogP contribution in [0.2, 0.25) is 10.0 Å². The average Bonchev–Trinajstić information content (AvgIpc) is 2.85. The molecule has 1 unspecified atom stereocenters. The quantitative estimate of drug-likeness (QED) is 0.824. The molecule has 0 radical (unpaired) electrons. The Morgan fingerprint density at radius 3 is 2.30 bits per heavy atom. The Morgan fingerprint density at radius 1 is 1.09 bits per heavy atom. The Labute approximate surface area is 140 Å². The molecule has 0 aliphatic carbocycles. The van der Waals surface area contributed by atoms with Crippen LogP contribution in [-0.2, 0) is 18.6 Å². The fourth-order valence-corrected chi connectivity index (χ4v) is 3.26. The average molecular weight is 363 g/mol. The number of fused-ring (bicyclic) bond motifs is 1. The number of aliphatic hydroxyl groups excluding tert-OH is 1. The van der Waals surface area contributed by atoms with Crippen molar-refractivity contribution in [2.75, 3.05) is 0 Å². The van der Waals surface area contributed by atoms with Gasteiger partial charge in [0.1, 0.15) is 5.75 Å². The minimum atomic E-state index is -4.67. The van der Waals surface area contributed by atoms with Crippen molar-refractivity contribution in [2.45, 2.75) is 24.8 Å². The molecule has 1 atom stereocenters. The van der Waals surface area contributed by atoms with Crippen LogP contribution in [0.25, 0.3) is 0 Å². The molecule has 0 aromatic heterocycles.